The molecule has 5 aliphatic rings. The van der Waals surface area contributed by atoms with Gasteiger partial charge in [0.25, 0.3) is 0 Å². The van der Waals surface area contributed by atoms with Crippen molar-refractivity contribution in [2.45, 2.75) is 81.3 Å². The molecule has 0 aromatic heterocycles. The number of carbonyl (C=O) groups is 2. The van der Waals surface area contributed by atoms with E-state index >= 15 is 0 Å². The van der Waals surface area contributed by atoms with Gasteiger partial charge >= 0.3 is 6.03 Å². The molecular weight excluding hydrogens is 464 g/mol. The fraction of sp³-hybridized carbons (Fsp3) is 0.909. The summed E-state index contributed by atoms with van der Waals surface area (Å²) in [4.78, 5) is 35.6. The Hall–Kier alpha value is -1.31. The van der Waals surface area contributed by atoms with Crippen LogP contribution >= 0.6 is 0 Å². The second kappa shape index (κ2) is 8.67. The number of hydrogen-bond acceptors (Lipinski definition) is 8. The summed E-state index contributed by atoms with van der Waals surface area (Å²) < 4.78 is 34.4. The summed E-state index contributed by atoms with van der Waals surface area (Å²) in [5, 5.41) is 9.30. The number of urea groups is 1. The fourth-order valence-corrected chi connectivity index (χ4v) is 7.66. The average molecular weight is 501 g/mol. The molecule has 0 radical (unpaired) electrons. The molecule has 2 saturated carbocycles. The van der Waals surface area contributed by atoms with E-state index in [9.17, 15) is 23.1 Å². The molecule has 3 heterocycles. The molecule has 3 saturated heterocycles. The first-order chi connectivity index (χ1) is 16.0. The highest BCUT2D eigenvalue weighted by Gasteiger charge is 2.54. The number of fused-ring (bicyclic) bond motifs is 1. The SMILES string of the molecule is CC1CC(CN2C(=O)C3CC(S(=O)(=O)NC4(C)CC4)CCC3N(CC3(CO)COC3)C2=O)ON1. The summed E-state index contributed by atoms with van der Waals surface area (Å²) >= 11 is 0. The van der Waals surface area contributed by atoms with Gasteiger partial charge in [-0.25, -0.2) is 17.9 Å². The molecule has 5 unspecified atom stereocenters. The smallest absolute Gasteiger partial charge is 0.327 e. The molecule has 0 aromatic carbocycles. The van der Waals surface area contributed by atoms with Gasteiger partial charge in [-0.15, -0.1) is 0 Å². The normalized spacial score (nSPS) is 36.9. The van der Waals surface area contributed by atoms with Gasteiger partial charge in [0.05, 0.1) is 49.1 Å². The summed E-state index contributed by atoms with van der Waals surface area (Å²) in [7, 11) is -3.58. The number of imide groups is 1. The minimum absolute atomic E-state index is 0.116. The van der Waals surface area contributed by atoms with Gasteiger partial charge in [-0.1, -0.05) is 0 Å². The molecule has 0 spiro atoms. The maximum Gasteiger partial charge on any atom is 0.327 e. The predicted molar refractivity (Wildman–Crippen MR) is 121 cm³/mol. The van der Waals surface area contributed by atoms with Gasteiger partial charge < -0.3 is 14.7 Å². The average Bonchev–Trinajstić information content (AvgIpc) is 3.33. The van der Waals surface area contributed by atoms with Crippen LogP contribution in [0.2, 0.25) is 0 Å². The Morgan fingerprint density at radius 3 is 2.50 bits per heavy atom. The number of aliphatic hydroxyl groups excluding tert-OH is 1. The molecule has 5 atom stereocenters. The quantitative estimate of drug-likeness (QED) is 0.422. The number of carbonyl (C=O) groups excluding carboxylic acids is 2. The van der Waals surface area contributed by atoms with Crippen LogP contribution in [0, 0.1) is 11.3 Å². The molecule has 34 heavy (non-hydrogen) atoms. The zero-order chi connectivity index (χ0) is 24.3. The summed E-state index contributed by atoms with van der Waals surface area (Å²) in [6.45, 7) is 4.85. The lowest BCUT2D eigenvalue weighted by atomic mass is 9.78. The van der Waals surface area contributed by atoms with Crippen LogP contribution in [-0.2, 0) is 24.4 Å². The third kappa shape index (κ3) is 4.48. The van der Waals surface area contributed by atoms with Crippen molar-refractivity contribution in [1.29, 1.82) is 0 Å². The molecule has 0 aromatic rings. The van der Waals surface area contributed by atoms with Crippen molar-refractivity contribution in [2.24, 2.45) is 11.3 Å². The van der Waals surface area contributed by atoms with E-state index in [0.717, 1.165) is 12.8 Å². The van der Waals surface area contributed by atoms with E-state index in [-0.39, 0.29) is 61.8 Å². The monoisotopic (exact) mass is 500 g/mol. The first kappa shape index (κ1) is 24.4. The van der Waals surface area contributed by atoms with Crippen molar-refractivity contribution < 1.29 is 32.7 Å². The summed E-state index contributed by atoms with van der Waals surface area (Å²) in [5.74, 6) is -0.932. The van der Waals surface area contributed by atoms with E-state index in [4.69, 9.17) is 9.57 Å². The lowest BCUT2D eigenvalue weighted by Gasteiger charge is -2.52. The minimum atomic E-state index is -3.58. The van der Waals surface area contributed by atoms with Crippen molar-refractivity contribution in [3.05, 3.63) is 0 Å². The van der Waals surface area contributed by atoms with Crippen molar-refractivity contribution in [1.82, 2.24) is 20.0 Å². The Bertz CT molecular complexity index is 930. The number of ether oxygens (including phenoxy) is 1. The van der Waals surface area contributed by atoms with E-state index in [1.165, 1.54) is 4.90 Å². The van der Waals surface area contributed by atoms with Gasteiger partial charge in [0, 0.05) is 24.2 Å². The highest BCUT2D eigenvalue weighted by molar-refractivity contribution is 7.90. The van der Waals surface area contributed by atoms with E-state index in [1.54, 1.807) is 4.90 Å². The molecule has 3 aliphatic heterocycles. The third-order valence-electron chi connectivity index (χ3n) is 8.15. The van der Waals surface area contributed by atoms with Gasteiger partial charge in [-0.2, -0.15) is 5.48 Å². The van der Waals surface area contributed by atoms with Gasteiger partial charge in [-0.3, -0.25) is 14.5 Å². The summed E-state index contributed by atoms with van der Waals surface area (Å²) in [5.41, 5.74) is 1.96. The van der Waals surface area contributed by atoms with Crippen LogP contribution in [0.1, 0.15) is 52.4 Å². The molecule has 12 heteroatoms. The molecule has 3 N–H and O–H groups in total. The number of aliphatic hydroxyl groups is 1. The third-order valence-corrected chi connectivity index (χ3v) is 10.2. The van der Waals surface area contributed by atoms with Crippen molar-refractivity contribution >= 4 is 22.0 Å². The van der Waals surface area contributed by atoms with Crippen LogP contribution in [0.4, 0.5) is 4.79 Å². The fourth-order valence-electron chi connectivity index (χ4n) is 5.70. The van der Waals surface area contributed by atoms with Crippen LogP contribution in [0.5, 0.6) is 0 Å². The Morgan fingerprint density at radius 2 is 1.94 bits per heavy atom. The second-order valence-electron chi connectivity index (χ2n) is 11.3. The van der Waals surface area contributed by atoms with E-state index in [0.29, 0.717) is 32.5 Å². The van der Waals surface area contributed by atoms with Gasteiger partial charge in [-0.05, 0) is 52.4 Å². The molecule has 192 valence electrons. The lowest BCUT2D eigenvalue weighted by molar-refractivity contribution is -0.160. The highest BCUT2D eigenvalue weighted by Crippen LogP contribution is 2.41. The molecular formula is C22H36N4O7S. The van der Waals surface area contributed by atoms with E-state index < -0.39 is 26.6 Å². The standard InChI is InChI=1S/C22H36N4O7S/c1-14-7-15(33-23-14)9-25-19(28)17-8-16(34(30,31)24-21(2)5-6-21)3-4-18(17)26(20(25)29)10-22(11-27)12-32-13-22/h14-18,23-24,27H,3-13H2,1-2H3. The Balaban J connectivity index is 1.38. The molecule has 3 amide bonds. The number of hydroxylamine groups is 1. The number of amides is 3. The first-order valence-electron chi connectivity index (χ1n) is 12.3. The van der Waals surface area contributed by atoms with Crippen LogP contribution in [-0.4, -0.2) is 97.1 Å². The number of nitrogens with zero attached hydrogens (tertiary/aromatic N) is 2. The predicted octanol–water partition coefficient (Wildman–Crippen LogP) is -0.0493. The largest absolute Gasteiger partial charge is 0.396 e. The van der Waals surface area contributed by atoms with E-state index in [1.807, 2.05) is 13.8 Å². The first-order valence-corrected chi connectivity index (χ1v) is 13.8. The van der Waals surface area contributed by atoms with Gasteiger partial charge in [0.15, 0.2) is 0 Å². The lowest BCUT2D eigenvalue weighted by Crippen LogP contribution is -2.68. The Labute approximate surface area is 200 Å². The van der Waals surface area contributed by atoms with Crippen molar-refractivity contribution in [2.75, 3.05) is 32.9 Å². The minimum Gasteiger partial charge on any atom is -0.396 e. The summed E-state index contributed by atoms with van der Waals surface area (Å²) in [6.07, 6.45) is 2.98. The molecule has 0 bridgehead atoms. The number of nitrogens with one attached hydrogen (secondary N) is 2. The molecule has 2 aliphatic carbocycles. The van der Waals surface area contributed by atoms with Crippen molar-refractivity contribution in [3.8, 4) is 0 Å². The van der Waals surface area contributed by atoms with Crippen LogP contribution < -0.4 is 10.2 Å². The molecule has 11 nitrogen and oxygen atoms in total. The van der Waals surface area contributed by atoms with Gasteiger partial charge in [0.2, 0.25) is 15.9 Å². The Kier molecular flexibility index (Phi) is 6.22. The highest BCUT2D eigenvalue weighted by atomic mass is 32.2. The topological polar surface area (TPSA) is 138 Å². The summed E-state index contributed by atoms with van der Waals surface area (Å²) in [6, 6.07) is -0.656. The molecule has 5 rings (SSSR count). The van der Waals surface area contributed by atoms with Crippen LogP contribution in [0.15, 0.2) is 0 Å². The van der Waals surface area contributed by atoms with Crippen molar-refractivity contribution in [3.63, 3.8) is 0 Å². The van der Waals surface area contributed by atoms with Gasteiger partial charge in [0.1, 0.15) is 0 Å². The zero-order valence-electron chi connectivity index (χ0n) is 19.9. The number of sulfonamides is 1. The zero-order valence-corrected chi connectivity index (χ0v) is 20.7. The second-order valence-corrected chi connectivity index (χ2v) is 13.3. The molecule has 5 fully saturated rings. The maximum atomic E-state index is 13.6. The van der Waals surface area contributed by atoms with Crippen LogP contribution in [0.3, 0.4) is 0 Å². The number of rotatable bonds is 8. The van der Waals surface area contributed by atoms with Crippen LogP contribution in [0.25, 0.3) is 0 Å². The Morgan fingerprint density at radius 1 is 1.21 bits per heavy atom. The number of hydrogen-bond donors (Lipinski definition) is 3. The maximum absolute atomic E-state index is 13.6. The van der Waals surface area contributed by atoms with E-state index in [2.05, 4.69) is 10.2 Å².